The largest absolute Gasteiger partial charge is 0.346 e. The molecule has 2 amide bonds. The van der Waals surface area contributed by atoms with Gasteiger partial charge >= 0.3 is 11.8 Å². The SMILES string of the molecule is Cc1nn(-c2ccc(F)cc2)c(Cl)c1/C=N\NC(=O)C(=O)NC(C)C. The molecule has 0 aliphatic carbocycles. The Morgan fingerprint density at radius 3 is 2.52 bits per heavy atom. The summed E-state index contributed by atoms with van der Waals surface area (Å²) in [5, 5.41) is 10.7. The minimum absolute atomic E-state index is 0.159. The van der Waals surface area contributed by atoms with Crippen LogP contribution in [0, 0.1) is 12.7 Å². The third kappa shape index (κ3) is 4.63. The fourth-order valence-corrected chi connectivity index (χ4v) is 2.27. The molecule has 0 spiro atoms. The zero-order valence-corrected chi connectivity index (χ0v) is 14.6. The summed E-state index contributed by atoms with van der Waals surface area (Å²) in [5.41, 5.74) is 3.72. The standard InChI is InChI=1S/C16H17ClFN5O2/c1-9(2)20-15(24)16(25)21-19-8-13-10(3)22-23(14(13)17)12-6-4-11(18)5-7-12/h4-9H,1-3H3,(H,20,24)(H,21,25)/b19-8-. The highest BCUT2D eigenvalue weighted by atomic mass is 35.5. The Morgan fingerprint density at radius 1 is 1.28 bits per heavy atom. The maximum Gasteiger partial charge on any atom is 0.329 e. The van der Waals surface area contributed by atoms with Gasteiger partial charge in [0.05, 0.1) is 23.2 Å². The fourth-order valence-electron chi connectivity index (χ4n) is 1.95. The summed E-state index contributed by atoms with van der Waals surface area (Å²) >= 11 is 6.27. The summed E-state index contributed by atoms with van der Waals surface area (Å²) < 4.78 is 14.4. The summed E-state index contributed by atoms with van der Waals surface area (Å²) in [6.45, 7) is 5.18. The van der Waals surface area contributed by atoms with Gasteiger partial charge in [-0.1, -0.05) is 11.6 Å². The Balaban J connectivity index is 2.14. The first-order chi connectivity index (χ1) is 11.8. The van der Waals surface area contributed by atoms with Crippen molar-refractivity contribution in [2.24, 2.45) is 5.10 Å². The molecular formula is C16H17ClFN5O2. The summed E-state index contributed by atoms with van der Waals surface area (Å²) in [4.78, 5) is 23.0. The van der Waals surface area contributed by atoms with Crippen LogP contribution in [0.1, 0.15) is 25.1 Å². The van der Waals surface area contributed by atoms with Crippen molar-refractivity contribution in [3.8, 4) is 5.69 Å². The zero-order valence-electron chi connectivity index (χ0n) is 13.9. The lowest BCUT2D eigenvalue weighted by atomic mass is 10.3. The number of nitrogens with one attached hydrogen (secondary N) is 2. The average molecular weight is 366 g/mol. The monoisotopic (exact) mass is 365 g/mol. The topological polar surface area (TPSA) is 88.4 Å². The Labute approximate surface area is 148 Å². The third-order valence-corrected chi connectivity index (χ3v) is 3.47. The van der Waals surface area contributed by atoms with Crippen LogP contribution in [-0.4, -0.2) is 33.9 Å². The van der Waals surface area contributed by atoms with E-state index in [1.807, 2.05) is 0 Å². The van der Waals surface area contributed by atoms with Gasteiger partial charge in [-0.3, -0.25) is 9.59 Å². The molecule has 0 saturated carbocycles. The number of amides is 2. The van der Waals surface area contributed by atoms with Crippen molar-refractivity contribution in [1.82, 2.24) is 20.5 Å². The van der Waals surface area contributed by atoms with Crippen molar-refractivity contribution in [3.05, 3.63) is 46.5 Å². The van der Waals surface area contributed by atoms with Gasteiger partial charge in [0.15, 0.2) is 0 Å². The summed E-state index contributed by atoms with van der Waals surface area (Å²) in [6, 6.07) is 5.50. The highest BCUT2D eigenvalue weighted by Gasteiger charge is 2.15. The van der Waals surface area contributed by atoms with Crippen LogP contribution in [0.3, 0.4) is 0 Å². The number of carbonyl (C=O) groups excluding carboxylic acids is 2. The zero-order chi connectivity index (χ0) is 18.6. The van der Waals surface area contributed by atoms with Crippen molar-refractivity contribution in [2.75, 3.05) is 0 Å². The van der Waals surface area contributed by atoms with Crippen molar-refractivity contribution in [1.29, 1.82) is 0 Å². The third-order valence-electron chi connectivity index (χ3n) is 3.10. The average Bonchev–Trinajstić information content (AvgIpc) is 2.82. The Bertz CT molecular complexity index is 815. The molecule has 0 aliphatic heterocycles. The Morgan fingerprint density at radius 2 is 1.92 bits per heavy atom. The van der Waals surface area contributed by atoms with E-state index in [1.165, 1.54) is 35.2 Å². The number of nitrogens with zero attached hydrogens (tertiary/aromatic N) is 3. The van der Waals surface area contributed by atoms with Crippen molar-refractivity contribution < 1.29 is 14.0 Å². The van der Waals surface area contributed by atoms with Crippen molar-refractivity contribution >= 4 is 29.6 Å². The van der Waals surface area contributed by atoms with Gasteiger partial charge in [-0.15, -0.1) is 0 Å². The van der Waals surface area contributed by atoms with E-state index >= 15 is 0 Å². The van der Waals surface area contributed by atoms with Gasteiger partial charge in [-0.25, -0.2) is 14.5 Å². The van der Waals surface area contributed by atoms with Gasteiger partial charge in [-0.2, -0.15) is 10.2 Å². The predicted molar refractivity (Wildman–Crippen MR) is 92.3 cm³/mol. The lowest BCUT2D eigenvalue weighted by molar-refractivity contribution is -0.139. The number of hydrogen-bond acceptors (Lipinski definition) is 4. The first kappa shape index (κ1) is 18.6. The predicted octanol–water partition coefficient (Wildman–Crippen LogP) is 1.95. The molecule has 0 saturated heterocycles. The molecule has 2 aromatic rings. The maximum absolute atomic E-state index is 13.0. The Hall–Kier alpha value is -2.74. The van der Waals surface area contributed by atoms with Gasteiger partial charge in [0, 0.05) is 6.04 Å². The van der Waals surface area contributed by atoms with Gasteiger partial charge in [-0.05, 0) is 45.0 Å². The molecule has 2 rings (SSSR count). The number of hydrazone groups is 1. The van der Waals surface area contributed by atoms with Crippen LogP contribution in [0.2, 0.25) is 5.15 Å². The molecule has 9 heteroatoms. The van der Waals surface area contributed by atoms with E-state index in [9.17, 15) is 14.0 Å². The molecule has 0 fully saturated rings. The van der Waals surface area contributed by atoms with E-state index in [0.717, 1.165) is 0 Å². The van der Waals surface area contributed by atoms with E-state index in [0.29, 0.717) is 16.9 Å². The maximum atomic E-state index is 13.0. The van der Waals surface area contributed by atoms with E-state index in [-0.39, 0.29) is 17.0 Å². The van der Waals surface area contributed by atoms with Crippen LogP contribution in [0.5, 0.6) is 0 Å². The highest BCUT2D eigenvalue weighted by Crippen LogP contribution is 2.22. The molecule has 0 aliphatic rings. The number of hydrogen-bond donors (Lipinski definition) is 2. The number of aromatic nitrogens is 2. The Kier molecular flexibility index (Phi) is 5.87. The molecule has 25 heavy (non-hydrogen) atoms. The number of carbonyl (C=O) groups is 2. The first-order valence-electron chi connectivity index (χ1n) is 7.44. The fraction of sp³-hybridized carbons (Fsp3) is 0.250. The van der Waals surface area contributed by atoms with Gasteiger partial charge in [0.2, 0.25) is 0 Å². The van der Waals surface area contributed by atoms with Crippen molar-refractivity contribution in [3.63, 3.8) is 0 Å². The van der Waals surface area contributed by atoms with E-state index in [1.54, 1.807) is 20.8 Å². The number of halogens is 2. The summed E-state index contributed by atoms with van der Waals surface area (Å²) in [7, 11) is 0. The first-order valence-corrected chi connectivity index (χ1v) is 7.82. The number of rotatable bonds is 4. The molecule has 1 aromatic heterocycles. The van der Waals surface area contributed by atoms with Gasteiger partial charge in [0.25, 0.3) is 0 Å². The molecule has 0 atom stereocenters. The van der Waals surface area contributed by atoms with Crippen LogP contribution in [0.4, 0.5) is 4.39 Å². The second kappa shape index (κ2) is 7.89. The molecule has 1 aromatic carbocycles. The minimum atomic E-state index is -0.885. The molecule has 132 valence electrons. The lowest BCUT2D eigenvalue weighted by Crippen LogP contribution is -2.41. The molecule has 1 heterocycles. The smallest absolute Gasteiger partial charge is 0.329 e. The number of aryl methyl sites for hydroxylation is 1. The van der Waals surface area contributed by atoms with Crippen LogP contribution in [-0.2, 0) is 9.59 Å². The summed E-state index contributed by atoms with van der Waals surface area (Å²) in [5.74, 6) is -2.03. The second-order valence-corrected chi connectivity index (χ2v) is 5.86. The lowest BCUT2D eigenvalue weighted by Gasteiger charge is -2.06. The van der Waals surface area contributed by atoms with Crippen LogP contribution >= 0.6 is 11.6 Å². The van der Waals surface area contributed by atoms with Gasteiger partial charge in [0.1, 0.15) is 11.0 Å². The van der Waals surface area contributed by atoms with Crippen LogP contribution in [0.25, 0.3) is 5.69 Å². The molecule has 2 N–H and O–H groups in total. The highest BCUT2D eigenvalue weighted by molar-refractivity contribution is 6.35. The molecule has 0 unspecified atom stereocenters. The molecular weight excluding hydrogens is 349 g/mol. The quantitative estimate of drug-likeness (QED) is 0.493. The molecule has 7 nitrogen and oxygen atoms in total. The molecule has 0 bridgehead atoms. The second-order valence-electron chi connectivity index (χ2n) is 5.51. The van der Waals surface area contributed by atoms with Crippen molar-refractivity contribution in [2.45, 2.75) is 26.8 Å². The van der Waals surface area contributed by atoms with Crippen LogP contribution in [0.15, 0.2) is 29.4 Å². The normalized spacial score (nSPS) is 11.1. The number of benzene rings is 1. The molecule has 0 radical (unpaired) electrons. The van der Waals surface area contributed by atoms with Crippen LogP contribution < -0.4 is 10.7 Å². The van der Waals surface area contributed by atoms with E-state index < -0.39 is 11.8 Å². The van der Waals surface area contributed by atoms with E-state index in [2.05, 4.69) is 20.9 Å². The summed E-state index contributed by atoms with van der Waals surface area (Å²) in [6.07, 6.45) is 1.30. The minimum Gasteiger partial charge on any atom is -0.346 e. The van der Waals surface area contributed by atoms with E-state index in [4.69, 9.17) is 11.6 Å². The van der Waals surface area contributed by atoms with Gasteiger partial charge < -0.3 is 5.32 Å².